The minimum absolute atomic E-state index is 0.688. The van der Waals surface area contributed by atoms with Gasteiger partial charge in [-0.3, -0.25) is 0 Å². The van der Waals surface area contributed by atoms with E-state index in [0.717, 1.165) is 36.7 Å². The van der Waals surface area contributed by atoms with E-state index >= 15 is 0 Å². The Labute approximate surface area is 139 Å². The van der Waals surface area contributed by atoms with Gasteiger partial charge in [0.2, 0.25) is 5.95 Å². The Bertz CT molecular complexity index is 628. The first kappa shape index (κ1) is 15.8. The van der Waals surface area contributed by atoms with E-state index in [1.807, 2.05) is 6.92 Å². The number of nitrogens with one attached hydrogen (secondary N) is 1. The van der Waals surface area contributed by atoms with Crippen molar-refractivity contribution >= 4 is 17.5 Å². The monoisotopic (exact) mass is 310 g/mol. The van der Waals surface area contributed by atoms with Crippen molar-refractivity contribution in [2.45, 2.75) is 46.0 Å². The van der Waals surface area contributed by atoms with Crippen molar-refractivity contribution in [2.24, 2.45) is 0 Å². The SMILES string of the molecule is CCc1ccc(Nc2nc(C)cc(N3CCCCCC3)n2)cc1. The molecule has 1 saturated heterocycles. The van der Waals surface area contributed by atoms with Crippen molar-refractivity contribution in [3.63, 3.8) is 0 Å². The van der Waals surface area contributed by atoms with Crippen LogP contribution in [0.15, 0.2) is 30.3 Å². The summed E-state index contributed by atoms with van der Waals surface area (Å²) in [6, 6.07) is 10.6. The third-order valence-electron chi connectivity index (χ3n) is 4.39. The Balaban J connectivity index is 1.78. The van der Waals surface area contributed by atoms with E-state index in [4.69, 9.17) is 4.98 Å². The van der Waals surface area contributed by atoms with Gasteiger partial charge >= 0.3 is 0 Å². The molecule has 4 nitrogen and oxygen atoms in total. The highest BCUT2D eigenvalue weighted by molar-refractivity contribution is 5.56. The molecule has 1 aromatic heterocycles. The summed E-state index contributed by atoms with van der Waals surface area (Å²) in [7, 11) is 0. The molecule has 0 unspecified atom stereocenters. The molecule has 1 aromatic carbocycles. The second-order valence-corrected chi connectivity index (χ2v) is 6.27. The van der Waals surface area contributed by atoms with E-state index in [-0.39, 0.29) is 0 Å². The zero-order chi connectivity index (χ0) is 16.1. The maximum atomic E-state index is 4.74. The predicted molar refractivity (Wildman–Crippen MR) is 96.6 cm³/mol. The molecule has 0 spiro atoms. The minimum Gasteiger partial charge on any atom is -0.356 e. The molecule has 3 rings (SSSR count). The van der Waals surface area contributed by atoms with Crippen molar-refractivity contribution in [1.82, 2.24) is 9.97 Å². The smallest absolute Gasteiger partial charge is 0.229 e. The molecule has 0 saturated carbocycles. The van der Waals surface area contributed by atoms with E-state index in [1.165, 1.54) is 31.2 Å². The summed E-state index contributed by atoms with van der Waals surface area (Å²) < 4.78 is 0. The molecular formula is C19H26N4. The average Bonchev–Trinajstić information content (AvgIpc) is 2.84. The number of rotatable bonds is 4. The van der Waals surface area contributed by atoms with Crippen LogP contribution < -0.4 is 10.2 Å². The third-order valence-corrected chi connectivity index (χ3v) is 4.39. The van der Waals surface area contributed by atoms with E-state index in [0.29, 0.717) is 5.95 Å². The number of anilines is 3. The van der Waals surface area contributed by atoms with Gasteiger partial charge in [0.15, 0.2) is 0 Å². The predicted octanol–water partition coefficient (Wildman–Crippen LogP) is 4.47. The molecular weight excluding hydrogens is 284 g/mol. The molecule has 2 heterocycles. The van der Waals surface area contributed by atoms with Gasteiger partial charge in [-0.1, -0.05) is 31.9 Å². The summed E-state index contributed by atoms with van der Waals surface area (Å²) in [6.07, 6.45) is 6.22. The van der Waals surface area contributed by atoms with Gasteiger partial charge in [0.25, 0.3) is 0 Å². The lowest BCUT2D eigenvalue weighted by Crippen LogP contribution is -2.25. The van der Waals surface area contributed by atoms with E-state index in [2.05, 4.69) is 52.5 Å². The third kappa shape index (κ3) is 4.21. The Morgan fingerprint density at radius 1 is 1.00 bits per heavy atom. The molecule has 1 N–H and O–H groups in total. The van der Waals surface area contributed by atoms with Crippen molar-refractivity contribution in [3.05, 3.63) is 41.6 Å². The zero-order valence-electron chi connectivity index (χ0n) is 14.2. The van der Waals surface area contributed by atoms with E-state index in [9.17, 15) is 0 Å². The second kappa shape index (κ2) is 7.44. The van der Waals surface area contributed by atoms with Crippen LogP contribution in [0.5, 0.6) is 0 Å². The van der Waals surface area contributed by atoms with Gasteiger partial charge in [0, 0.05) is 30.5 Å². The van der Waals surface area contributed by atoms with Crippen LogP contribution in [0, 0.1) is 6.92 Å². The summed E-state index contributed by atoms with van der Waals surface area (Å²) >= 11 is 0. The molecule has 122 valence electrons. The lowest BCUT2D eigenvalue weighted by atomic mass is 10.1. The van der Waals surface area contributed by atoms with Crippen LogP contribution in [-0.4, -0.2) is 23.1 Å². The molecule has 1 aliphatic heterocycles. The highest BCUT2D eigenvalue weighted by Crippen LogP contribution is 2.21. The van der Waals surface area contributed by atoms with Crippen LogP contribution >= 0.6 is 0 Å². The fourth-order valence-electron chi connectivity index (χ4n) is 3.02. The van der Waals surface area contributed by atoms with Gasteiger partial charge in [0.05, 0.1) is 0 Å². The minimum atomic E-state index is 0.688. The number of aryl methyl sites for hydroxylation is 2. The number of nitrogens with zero attached hydrogens (tertiary/aromatic N) is 3. The second-order valence-electron chi connectivity index (χ2n) is 6.27. The first-order valence-corrected chi connectivity index (χ1v) is 8.71. The topological polar surface area (TPSA) is 41.1 Å². The standard InChI is InChI=1S/C19H26N4/c1-3-16-8-10-17(11-9-16)21-19-20-15(2)14-18(22-19)23-12-6-4-5-7-13-23/h8-11,14H,3-7,12-13H2,1-2H3,(H,20,21,22). The Morgan fingerprint density at radius 3 is 2.35 bits per heavy atom. The lowest BCUT2D eigenvalue weighted by Gasteiger charge is -2.22. The van der Waals surface area contributed by atoms with Crippen LogP contribution in [0.1, 0.15) is 43.9 Å². The zero-order valence-corrected chi connectivity index (χ0v) is 14.2. The average molecular weight is 310 g/mol. The number of hydrogen-bond donors (Lipinski definition) is 1. The number of aromatic nitrogens is 2. The molecule has 0 aliphatic carbocycles. The Hall–Kier alpha value is -2.10. The normalized spacial score (nSPS) is 15.3. The molecule has 0 amide bonds. The van der Waals surface area contributed by atoms with Crippen molar-refractivity contribution in [3.8, 4) is 0 Å². The molecule has 1 fully saturated rings. The van der Waals surface area contributed by atoms with Gasteiger partial charge in [-0.25, -0.2) is 4.98 Å². The molecule has 0 radical (unpaired) electrons. The van der Waals surface area contributed by atoms with Crippen molar-refractivity contribution < 1.29 is 0 Å². The Morgan fingerprint density at radius 2 is 1.70 bits per heavy atom. The van der Waals surface area contributed by atoms with Crippen LogP contribution in [0.3, 0.4) is 0 Å². The highest BCUT2D eigenvalue weighted by Gasteiger charge is 2.13. The van der Waals surface area contributed by atoms with Crippen LogP contribution in [0.2, 0.25) is 0 Å². The summed E-state index contributed by atoms with van der Waals surface area (Å²) in [5.41, 5.74) is 3.38. The van der Waals surface area contributed by atoms with Crippen LogP contribution in [-0.2, 0) is 6.42 Å². The number of hydrogen-bond acceptors (Lipinski definition) is 4. The van der Waals surface area contributed by atoms with Gasteiger partial charge < -0.3 is 10.2 Å². The highest BCUT2D eigenvalue weighted by atomic mass is 15.2. The van der Waals surface area contributed by atoms with Crippen molar-refractivity contribution in [2.75, 3.05) is 23.3 Å². The maximum absolute atomic E-state index is 4.74. The molecule has 2 aromatic rings. The van der Waals surface area contributed by atoms with Crippen LogP contribution in [0.4, 0.5) is 17.5 Å². The summed E-state index contributed by atoms with van der Waals surface area (Å²) in [5, 5.41) is 3.34. The summed E-state index contributed by atoms with van der Waals surface area (Å²) in [4.78, 5) is 11.7. The molecule has 4 heteroatoms. The summed E-state index contributed by atoms with van der Waals surface area (Å²) in [5.74, 6) is 1.74. The lowest BCUT2D eigenvalue weighted by molar-refractivity contribution is 0.726. The summed E-state index contributed by atoms with van der Waals surface area (Å²) in [6.45, 7) is 6.40. The van der Waals surface area contributed by atoms with Crippen molar-refractivity contribution in [1.29, 1.82) is 0 Å². The first-order chi connectivity index (χ1) is 11.2. The Kier molecular flexibility index (Phi) is 5.11. The first-order valence-electron chi connectivity index (χ1n) is 8.71. The van der Waals surface area contributed by atoms with Gasteiger partial charge in [-0.05, 0) is 43.9 Å². The van der Waals surface area contributed by atoms with E-state index in [1.54, 1.807) is 0 Å². The van der Waals surface area contributed by atoms with E-state index < -0.39 is 0 Å². The largest absolute Gasteiger partial charge is 0.356 e. The fourth-order valence-corrected chi connectivity index (χ4v) is 3.02. The molecule has 1 aliphatic rings. The van der Waals surface area contributed by atoms with Crippen LogP contribution in [0.25, 0.3) is 0 Å². The maximum Gasteiger partial charge on any atom is 0.229 e. The number of benzene rings is 1. The quantitative estimate of drug-likeness (QED) is 0.904. The van der Waals surface area contributed by atoms with Gasteiger partial charge in [-0.15, -0.1) is 0 Å². The van der Waals surface area contributed by atoms with Gasteiger partial charge in [-0.2, -0.15) is 4.98 Å². The fraction of sp³-hybridized carbons (Fsp3) is 0.474. The molecule has 0 atom stereocenters. The molecule has 23 heavy (non-hydrogen) atoms. The molecule has 0 bridgehead atoms. The van der Waals surface area contributed by atoms with Gasteiger partial charge in [0.1, 0.15) is 5.82 Å².